The minimum absolute atomic E-state index is 0.0181. The molecule has 0 aliphatic carbocycles. The van der Waals surface area contributed by atoms with Gasteiger partial charge in [0.25, 0.3) is 0 Å². The Labute approximate surface area is 239 Å². The third kappa shape index (κ3) is 4.74. The van der Waals surface area contributed by atoms with Crippen molar-refractivity contribution in [3.8, 4) is 23.2 Å². The van der Waals surface area contributed by atoms with Crippen molar-refractivity contribution in [3.63, 3.8) is 0 Å². The van der Waals surface area contributed by atoms with Crippen LogP contribution in [0.5, 0.6) is 6.01 Å². The Morgan fingerprint density at radius 1 is 1.21 bits per heavy atom. The number of thiophene rings is 1. The Morgan fingerprint density at radius 3 is 2.57 bits per heavy atom. The second kappa shape index (κ2) is 10.5. The van der Waals surface area contributed by atoms with Crippen LogP contribution in [0.4, 0.5) is 32.8 Å². The van der Waals surface area contributed by atoms with Crippen molar-refractivity contribution in [2.45, 2.75) is 37.2 Å². The van der Waals surface area contributed by atoms with Crippen molar-refractivity contribution in [1.82, 2.24) is 15.3 Å². The maximum Gasteiger partial charge on any atom is 0.417 e. The van der Waals surface area contributed by atoms with Gasteiger partial charge in [-0.2, -0.15) is 28.4 Å². The molecule has 2 fully saturated rings. The van der Waals surface area contributed by atoms with Crippen LogP contribution in [0.3, 0.4) is 0 Å². The minimum atomic E-state index is -5.07. The number of halogens is 5. The molecule has 2 bridgehead atoms. The van der Waals surface area contributed by atoms with Gasteiger partial charge in [0.05, 0.1) is 22.4 Å². The van der Waals surface area contributed by atoms with E-state index in [0.29, 0.717) is 24.4 Å². The normalized spacial score (nSPS) is 19.4. The molecule has 6 rings (SSSR count). The standard InChI is InChI=1S/C27H23F5N6O3S/c28-18-4-3-14(19-16(6-33)24(34)42-23(18)19)20-17(27(30,31)32)5-15-22(21(20)29)36-26(41-10-13(40)9-39)37-25(15)38-7-11-1-2-12(8-38)35-11/h3-5,11-13,35,39-40H,1-2,7-10,34H2/t11?,12?,13-/m1/s1. The summed E-state index contributed by atoms with van der Waals surface area (Å²) in [4.78, 5) is 10.1. The minimum Gasteiger partial charge on any atom is -0.461 e. The molecule has 2 unspecified atom stereocenters. The Morgan fingerprint density at radius 2 is 1.93 bits per heavy atom. The molecule has 9 nitrogen and oxygen atoms in total. The lowest BCUT2D eigenvalue weighted by atomic mass is 9.92. The average Bonchev–Trinajstić information content (AvgIpc) is 3.48. The molecule has 5 N–H and O–H groups in total. The first-order valence-electron chi connectivity index (χ1n) is 12.9. The number of rotatable bonds is 6. The average molecular weight is 607 g/mol. The molecular formula is C27H23F5N6O3S. The summed E-state index contributed by atoms with van der Waals surface area (Å²) in [6.07, 6.45) is -4.67. The number of piperazine rings is 1. The summed E-state index contributed by atoms with van der Waals surface area (Å²) < 4.78 is 80.6. The number of hydrogen-bond acceptors (Lipinski definition) is 10. The van der Waals surface area contributed by atoms with E-state index in [0.717, 1.165) is 31.0 Å². The van der Waals surface area contributed by atoms with Crippen LogP contribution in [0.25, 0.3) is 32.1 Å². The van der Waals surface area contributed by atoms with Crippen molar-refractivity contribution in [2.75, 3.05) is 36.9 Å². The molecule has 4 aromatic rings. The SMILES string of the molecule is N#Cc1c(N)sc2c(F)ccc(-c3c(C(F)(F)F)cc4c(N5CC6CCC(C5)N6)nc(OC[C@H](O)CO)nc4c3F)c12. The van der Waals surface area contributed by atoms with Crippen LogP contribution in [-0.2, 0) is 6.18 Å². The zero-order valence-electron chi connectivity index (χ0n) is 21.7. The first-order valence-corrected chi connectivity index (χ1v) is 13.8. The van der Waals surface area contributed by atoms with Crippen LogP contribution in [0.15, 0.2) is 18.2 Å². The van der Waals surface area contributed by atoms with Crippen molar-refractivity contribution in [3.05, 3.63) is 41.0 Å². The van der Waals surface area contributed by atoms with Gasteiger partial charge in [-0.3, -0.25) is 0 Å². The molecular weight excluding hydrogens is 583 g/mol. The molecule has 0 amide bonds. The number of nitriles is 1. The van der Waals surface area contributed by atoms with Gasteiger partial charge in [0.15, 0.2) is 5.82 Å². The summed E-state index contributed by atoms with van der Waals surface area (Å²) in [7, 11) is 0. The Bertz CT molecular complexity index is 1750. The summed E-state index contributed by atoms with van der Waals surface area (Å²) in [6, 6.07) is 4.13. The van der Waals surface area contributed by atoms with Gasteiger partial charge in [-0.15, -0.1) is 11.3 Å². The summed E-state index contributed by atoms with van der Waals surface area (Å²) in [5.74, 6) is -2.18. The fraction of sp³-hybridized carbons (Fsp3) is 0.370. The number of fused-ring (bicyclic) bond motifs is 4. The second-order valence-electron chi connectivity index (χ2n) is 10.3. The van der Waals surface area contributed by atoms with Gasteiger partial charge in [-0.1, -0.05) is 6.07 Å². The van der Waals surface area contributed by atoms with E-state index < -0.39 is 59.8 Å². The van der Waals surface area contributed by atoms with Crippen molar-refractivity contribution < 1.29 is 36.9 Å². The highest BCUT2D eigenvalue weighted by Gasteiger charge is 2.40. The predicted octanol–water partition coefficient (Wildman–Crippen LogP) is 3.93. The highest BCUT2D eigenvalue weighted by Crippen LogP contribution is 2.48. The summed E-state index contributed by atoms with van der Waals surface area (Å²) in [5.41, 5.74) is 2.45. The van der Waals surface area contributed by atoms with Crippen LogP contribution in [-0.4, -0.2) is 64.7 Å². The van der Waals surface area contributed by atoms with E-state index in [4.69, 9.17) is 15.6 Å². The number of hydrogen-bond donors (Lipinski definition) is 4. The van der Waals surface area contributed by atoms with Crippen LogP contribution in [0.2, 0.25) is 0 Å². The lowest BCUT2D eigenvalue weighted by Crippen LogP contribution is -2.51. The number of anilines is 2. The fourth-order valence-electron chi connectivity index (χ4n) is 5.69. The largest absolute Gasteiger partial charge is 0.461 e. The monoisotopic (exact) mass is 606 g/mol. The van der Waals surface area contributed by atoms with E-state index in [9.17, 15) is 27.9 Å². The first kappa shape index (κ1) is 28.3. The highest BCUT2D eigenvalue weighted by atomic mass is 32.1. The number of nitrogens with one attached hydrogen (secondary N) is 1. The lowest BCUT2D eigenvalue weighted by Gasteiger charge is -2.34. The fourth-order valence-corrected chi connectivity index (χ4v) is 6.63. The first-order chi connectivity index (χ1) is 20.0. The van der Waals surface area contributed by atoms with Crippen molar-refractivity contribution in [2.24, 2.45) is 0 Å². The van der Waals surface area contributed by atoms with E-state index >= 15 is 4.39 Å². The number of aliphatic hydroxyl groups is 2. The molecule has 2 saturated heterocycles. The number of nitrogens with two attached hydrogens (primary N) is 1. The number of alkyl halides is 3. The molecule has 4 heterocycles. The van der Waals surface area contributed by atoms with Crippen LogP contribution < -0.4 is 20.7 Å². The maximum absolute atomic E-state index is 16.6. The Balaban J connectivity index is 1.65. The van der Waals surface area contributed by atoms with E-state index in [1.165, 1.54) is 0 Å². The number of aromatic nitrogens is 2. The number of ether oxygens (including phenoxy) is 1. The molecule has 2 aromatic carbocycles. The zero-order valence-corrected chi connectivity index (χ0v) is 22.5. The molecule has 0 radical (unpaired) electrons. The predicted molar refractivity (Wildman–Crippen MR) is 145 cm³/mol. The molecule has 0 saturated carbocycles. The second-order valence-corrected chi connectivity index (χ2v) is 11.3. The van der Waals surface area contributed by atoms with Gasteiger partial charge in [-0.05, 0) is 30.5 Å². The molecule has 220 valence electrons. The number of nitrogens with zero attached hydrogens (tertiary/aromatic N) is 4. The van der Waals surface area contributed by atoms with E-state index in [-0.39, 0.29) is 49.5 Å². The topological polar surface area (TPSA) is 141 Å². The maximum atomic E-state index is 16.6. The highest BCUT2D eigenvalue weighted by molar-refractivity contribution is 7.23. The third-order valence-corrected chi connectivity index (χ3v) is 8.55. The molecule has 15 heteroatoms. The number of benzene rings is 2. The van der Waals surface area contributed by atoms with Gasteiger partial charge in [0.2, 0.25) is 0 Å². The molecule has 2 aliphatic heterocycles. The number of nitrogen functional groups attached to an aromatic ring is 1. The van der Waals surface area contributed by atoms with Gasteiger partial charge in [0, 0.05) is 41.5 Å². The molecule has 3 atom stereocenters. The van der Waals surface area contributed by atoms with E-state index in [1.807, 2.05) is 0 Å². The summed E-state index contributed by atoms with van der Waals surface area (Å²) in [6.45, 7) is -0.309. The van der Waals surface area contributed by atoms with Crippen LogP contribution in [0, 0.1) is 23.0 Å². The van der Waals surface area contributed by atoms with E-state index in [2.05, 4.69) is 15.3 Å². The smallest absolute Gasteiger partial charge is 0.417 e. The molecule has 2 aliphatic rings. The molecule has 42 heavy (non-hydrogen) atoms. The van der Waals surface area contributed by atoms with Crippen molar-refractivity contribution >= 4 is 43.1 Å². The lowest BCUT2D eigenvalue weighted by molar-refractivity contribution is -0.137. The molecule has 0 spiro atoms. The summed E-state index contributed by atoms with van der Waals surface area (Å²) in [5, 5.41) is 31.4. The van der Waals surface area contributed by atoms with Crippen LogP contribution >= 0.6 is 11.3 Å². The van der Waals surface area contributed by atoms with Crippen molar-refractivity contribution in [1.29, 1.82) is 5.26 Å². The Kier molecular flexibility index (Phi) is 7.04. The van der Waals surface area contributed by atoms with Gasteiger partial charge in [-0.25, -0.2) is 8.78 Å². The van der Waals surface area contributed by atoms with E-state index in [1.54, 1.807) is 11.0 Å². The zero-order chi connectivity index (χ0) is 29.9. The Hall–Kier alpha value is -3.84. The third-order valence-electron chi connectivity index (χ3n) is 7.53. The van der Waals surface area contributed by atoms with Gasteiger partial charge < -0.3 is 30.9 Å². The molecule has 2 aromatic heterocycles. The number of aliphatic hydroxyl groups excluding tert-OH is 2. The van der Waals surface area contributed by atoms with Gasteiger partial charge >= 0.3 is 12.2 Å². The summed E-state index contributed by atoms with van der Waals surface area (Å²) >= 11 is 0.677. The van der Waals surface area contributed by atoms with Crippen LogP contribution in [0.1, 0.15) is 24.0 Å². The quantitative estimate of drug-likeness (QED) is 0.240. The van der Waals surface area contributed by atoms with Gasteiger partial charge in [0.1, 0.15) is 40.9 Å².